The number of rotatable bonds is 3. The molecule has 1 atom stereocenters. The van der Waals surface area contributed by atoms with E-state index in [1.54, 1.807) is 6.07 Å². The number of carbonyl (C=O) groups is 1. The molecule has 5 heteroatoms. The first-order chi connectivity index (χ1) is 8.08. The molecular formula is C12H12ClNO2S. The van der Waals surface area contributed by atoms with E-state index in [4.69, 9.17) is 16.0 Å². The highest BCUT2D eigenvalue weighted by Crippen LogP contribution is 2.26. The van der Waals surface area contributed by atoms with E-state index in [9.17, 15) is 4.79 Å². The highest BCUT2D eigenvalue weighted by molar-refractivity contribution is 7.16. The number of carbonyl (C=O) groups excluding carboxylic acids is 1. The zero-order chi connectivity index (χ0) is 12.4. The lowest BCUT2D eigenvalue weighted by atomic mass is 10.2. The molecule has 0 aromatic carbocycles. The highest BCUT2D eigenvalue weighted by Gasteiger charge is 2.16. The van der Waals surface area contributed by atoms with Crippen LogP contribution in [0, 0.1) is 6.92 Å². The summed E-state index contributed by atoms with van der Waals surface area (Å²) >= 11 is 7.31. The molecule has 0 unspecified atom stereocenters. The van der Waals surface area contributed by atoms with Crippen molar-refractivity contribution in [2.24, 2.45) is 0 Å². The molecule has 0 fully saturated rings. The minimum absolute atomic E-state index is 0.0792. The number of hydrogen-bond acceptors (Lipinski definition) is 3. The van der Waals surface area contributed by atoms with Crippen LogP contribution in [0.4, 0.5) is 0 Å². The smallest absolute Gasteiger partial charge is 0.287 e. The second-order valence-electron chi connectivity index (χ2n) is 3.77. The maximum absolute atomic E-state index is 11.9. The Bertz CT molecular complexity index is 532. The fourth-order valence-electron chi connectivity index (χ4n) is 1.50. The SMILES string of the molecule is Cc1ccoc1C(=O)N[C@@H](C)c1ccc(Cl)s1. The van der Waals surface area contributed by atoms with Gasteiger partial charge in [0.2, 0.25) is 0 Å². The first kappa shape index (κ1) is 12.2. The summed E-state index contributed by atoms with van der Waals surface area (Å²) in [7, 11) is 0. The zero-order valence-corrected chi connectivity index (χ0v) is 11.1. The molecule has 0 aliphatic carbocycles. The Labute approximate surface area is 108 Å². The van der Waals surface area contributed by atoms with Crippen molar-refractivity contribution in [3.05, 3.63) is 45.0 Å². The third kappa shape index (κ3) is 2.70. The second-order valence-corrected chi connectivity index (χ2v) is 5.52. The van der Waals surface area contributed by atoms with Gasteiger partial charge in [-0.15, -0.1) is 11.3 Å². The van der Waals surface area contributed by atoms with Gasteiger partial charge in [-0.1, -0.05) is 11.6 Å². The molecule has 2 heterocycles. The van der Waals surface area contributed by atoms with E-state index >= 15 is 0 Å². The molecule has 2 rings (SSSR count). The molecule has 17 heavy (non-hydrogen) atoms. The second kappa shape index (κ2) is 4.94. The van der Waals surface area contributed by atoms with Crippen molar-refractivity contribution >= 4 is 28.8 Å². The Balaban J connectivity index is 2.07. The number of aryl methyl sites for hydroxylation is 1. The van der Waals surface area contributed by atoms with Gasteiger partial charge in [0.15, 0.2) is 5.76 Å². The molecule has 0 aliphatic rings. The third-order valence-electron chi connectivity index (χ3n) is 2.44. The summed E-state index contributed by atoms with van der Waals surface area (Å²) in [4.78, 5) is 12.9. The number of hydrogen-bond donors (Lipinski definition) is 1. The van der Waals surface area contributed by atoms with Crippen molar-refractivity contribution in [1.82, 2.24) is 5.32 Å². The Morgan fingerprint density at radius 3 is 2.76 bits per heavy atom. The molecule has 1 N–H and O–H groups in total. The number of nitrogens with one attached hydrogen (secondary N) is 1. The van der Waals surface area contributed by atoms with Gasteiger partial charge >= 0.3 is 0 Å². The number of furan rings is 1. The van der Waals surface area contributed by atoms with E-state index in [0.717, 1.165) is 14.8 Å². The molecule has 3 nitrogen and oxygen atoms in total. The fraction of sp³-hybridized carbons (Fsp3) is 0.250. The summed E-state index contributed by atoms with van der Waals surface area (Å²) in [6.45, 7) is 3.75. The molecule has 0 radical (unpaired) electrons. The van der Waals surface area contributed by atoms with Crippen molar-refractivity contribution in [2.45, 2.75) is 19.9 Å². The van der Waals surface area contributed by atoms with E-state index in [1.807, 2.05) is 26.0 Å². The molecule has 2 aromatic heterocycles. The summed E-state index contributed by atoms with van der Waals surface area (Å²) in [6, 6.07) is 5.42. The topological polar surface area (TPSA) is 42.2 Å². The van der Waals surface area contributed by atoms with Crippen molar-refractivity contribution in [2.75, 3.05) is 0 Å². The Hall–Kier alpha value is -1.26. The Kier molecular flexibility index (Phi) is 3.54. The van der Waals surface area contributed by atoms with Crippen LogP contribution in [0.1, 0.15) is 34.0 Å². The van der Waals surface area contributed by atoms with Gasteiger partial charge in [-0.3, -0.25) is 4.79 Å². The van der Waals surface area contributed by atoms with Crippen LogP contribution in [0.3, 0.4) is 0 Å². The van der Waals surface area contributed by atoms with E-state index in [2.05, 4.69) is 5.32 Å². The summed E-state index contributed by atoms with van der Waals surface area (Å²) in [6.07, 6.45) is 1.51. The molecule has 90 valence electrons. The van der Waals surface area contributed by atoms with E-state index in [1.165, 1.54) is 17.6 Å². The summed E-state index contributed by atoms with van der Waals surface area (Å²) in [5.41, 5.74) is 0.832. The predicted molar refractivity (Wildman–Crippen MR) is 68.7 cm³/mol. The fourth-order valence-corrected chi connectivity index (χ4v) is 2.56. The van der Waals surface area contributed by atoms with Gasteiger partial charge in [0.25, 0.3) is 5.91 Å². The maximum atomic E-state index is 11.9. The van der Waals surface area contributed by atoms with Crippen LogP contribution in [0.2, 0.25) is 4.34 Å². The summed E-state index contributed by atoms with van der Waals surface area (Å²) < 4.78 is 5.85. The Morgan fingerprint density at radius 2 is 2.24 bits per heavy atom. The summed E-state index contributed by atoms with van der Waals surface area (Å²) in [5, 5.41) is 2.87. The normalized spacial score (nSPS) is 12.4. The lowest BCUT2D eigenvalue weighted by molar-refractivity contribution is 0.0911. The first-order valence-corrected chi connectivity index (χ1v) is 6.37. The average Bonchev–Trinajstić information content (AvgIpc) is 2.86. The van der Waals surface area contributed by atoms with Gasteiger partial charge < -0.3 is 9.73 Å². The maximum Gasteiger partial charge on any atom is 0.287 e. The van der Waals surface area contributed by atoms with Gasteiger partial charge in [-0.2, -0.15) is 0 Å². The van der Waals surface area contributed by atoms with Crippen LogP contribution < -0.4 is 5.32 Å². The molecule has 0 saturated heterocycles. The summed E-state index contributed by atoms with van der Waals surface area (Å²) in [5.74, 6) is 0.157. The lowest BCUT2D eigenvalue weighted by Gasteiger charge is -2.11. The molecule has 2 aromatic rings. The molecule has 0 bridgehead atoms. The van der Waals surface area contributed by atoms with Crippen LogP contribution in [0.25, 0.3) is 0 Å². The van der Waals surface area contributed by atoms with Crippen LogP contribution in [-0.2, 0) is 0 Å². The van der Waals surface area contributed by atoms with Gasteiger partial charge in [-0.25, -0.2) is 0 Å². The predicted octanol–water partition coefficient (Wildman–Crippen LogP) is 3.79. The van der Waals surface area contributed by atoms with Crippen molar-refractivity contribution in [1.29, 1.82) is 0 Å². The van der Waals surface area contributed by atoms with Crippen molar-refractivity contribution in [3.63, 3.8) is 0 Å². The van der Waals surface area contributed by atoms with Gasteiger partial charge in [0, 0.05) is 10.4 Å². The highest BCUT2D eigenvalue weighted by atomic mass is 35.5. The quantitative estimate of drug-likeness (QED) is 0.921. The average molecular weight is 270 g/mol. The van der Waals surface area contributed by atoms with E-state index in [-0.39, 0.29) is 11.9 Å². The minimum atomic E-state index is -0.204. The van der Waals surface area contributed by atoms with Crippen LogP contribution in [0.15, 0.2) is 28.9 Å². The molecule has 0 aliphatic heterocycles. The van der Waals surface area contributed by atoms with Crippen molar-refractivity contribution in [3.8, 4) is 0 Å². The molecule has 0 saturated carbocycles. The van der Waals surface area contributed by atoms with Crippen LogP contribution in [-0.4, -0.2) is 5.91 Å². The van der Waals surface area contributed by atoms with E-state index in [0.29, 0.717) is 5.76 Å². The first-order valence-electron chi connectivity index (χ1n) is 5.18. The van der Waals surface area contributed by atoms with Gasteiger partial charge in [0.05, 0.1) is 16.6 Å². The standard InChI is InChI=1S/C12H12ClNO2S/c1-7-5-6-16-11(7)12(15)14-8(2)9-3-4-10(13)17-9/h3-6,8H,1-2H3,(H,14,15)/t8-/m0/s1. The monoisotopic (exact) mass is 269 g/mol. The molecular weight excluding hydrogens is 258 g/mol. The van der Waals surface area contributed by atoms with E-state index < -0.39 is 0 Å². The van der Waals surface area contributed by atoms with Crippen molar-refractivity contribution < 1.29 is 9.21 Å². The van der Waals surface area contributed by atoms with Gasteiger partial charge in [-0.05, 0) is 32.0 Å². The molecule has 1 amide bonds. The molecule has 0 spiro atoms. The van der Waals surface area contributed by atoms with Crippen LogP contribution in [0.5, 0.6) is 0 Å². The number of halogens is 1. The largest absolute Gasteiger partial charge is 0.459 e. The number of thiophene rings is 1. The van der Waals surface area contributed by atoms with Gasteiger partial charge in [0.1, 0.15) is 0 Å². The lowest BCUT2D eigenvalue weighted by Crippen LogP contribution is -2.26. The zero-order valence-electron chi connectivity index (χ0n) is 9.49. The Morgan fingerprint density at radius 1 is 1.47 bits per heavy atom. The number of amides is 1. The minimum Gasteiger partial charge on any atom is -0.459 e. The third-order valence-corrected chi connectivity index (χ3v) is 3.85. The van der Waals surface area contributed by atoms with Crippen LogP contribution >= 0.6 is 22.9 Å².